The van der Waals surface area contributed by atoms with Crippen LogP contribution in [0.4, 0.5) is 37.6 Å². The van der Waals surface area contributed by atoms with Gasteiger partial charge in [-0.05, 0) is 101 Å². The van der Waals surface area contributed by atoms with Crippen LogP contribution in [0.3, 0.4) is 0 Å². The second-order valence-corrected chi connectivity index (χ2v) is 18.4. The smallest absolute Gasteiger partial charge is 0.251 e. The lowest BCUT2D eigenvalue weighted by atomic mass is 9.52. The maximum absolute atomic E-state index is 15.3. The maximum atomic E-state index is 15.3. The number of nitrogens with zero attached hydrogens (tertiary/aromatic N) is 6. The average Bonchev–Trinajstić information content (AvgIpc) is 3.75. The topological polar surface area (TPSA) is 190 Å². The first kappa shape index (κ1) is 44.7. The summed E-state index contributed by atoms with van der Waals surface area (Å²) in [4.78, 5) is 81.1. The lowest BCUT2D eigenvalue weighted by Crippen LogP contribution is -2.64. The molecule has 5 amide bonds. The summed E-state index contributed by atoms with van der Waals surface area (Å²) in [5.41, 5.74) is 0.795. The second-order valence-electron chi connectivity index (χ2n) is 18.4. The predicted octanol–water partition coefficient (Wildman–Crippen LogP) is 4.78. The number of carbonyl (C=O) groups is 5. The molecule has 4 fully saturated rings. The first-order valence-electron chi connectivity index (χ1n) is 22.3. The van der Waals surface area contributed by atoms with Crippen LogP contribution in [0.5, 0.6) is 5.75 Å². The minimum atomic E-state index is -1.08. The summed E-state index contributed by atoms with van der Waals surface area (Å²) >= 11 is 0. The zero-order valence-electron chi connectivity index (χ0n) is 37.0. The van der Waals surface area contributed by atoms with Crippen molar-refractivity contribution in [3.8, 4) is 5.75 Å². The van der Waals surface area contributed by atoms with Crippen LogP contribution in [0, 0.1) is 23.0 Å². The Kier molecular flexibility index (Phi) is 12.3. The summed E-state index contributed by atoms with van der Waals surface area (Å²) in [6.07, 6.45) is 6.03. The van der Waals surface area contributed by atoms with Gasteiger partial charge in [-0.25, -0.2) is 13.8 Å². The highest BCUT2D eigenvalue weighted by atomic mass is 19.1. The molecule has 4 aliphatic heterocycles. The molecule has 1 saturated carbocycles. The Morgan fingerprint density at radius 1 is 1.05 bits per heavy atom. The van der Waals surface area contributed by atoms with Crippen molar-refractivity contribution in [3.63, 3.8) is 0 Å². The van der Waals surface area contributed by atoms with E-state index in [1.54, 1.807) is 41.2 Å². The lowest BCUT2D eigenvalue weighted by Gasteiger charge is -2.59. The van der Waals surface area contributed by atoms with Crippen LogP contribution in [0.2, 0.25) is 0 Å². The molecular weight excluding hydrogens is 829 g/mol. The standard InChI is InChI=1S/C46H57F2N9O7/c1-6-34-43(63)54(4)35-22-49-44(52-39(35)57(34)26(2)3)50-33-9-7-27(19-36(33)64-5)40(60)53-46(14-18-58)24-45(25-46)12-16-55(17-13-45)42(62)28-11-15-56(23-28)29-20-31(47)38(32(48)21-29)30-8-10-37(59)51-41(30)61/h7,9,19-22,26,28,30,34,58H,6,8,10-18,23-25H2,1-5H3,(H,53,60)(H,49,50,52)(H,51,59,61)/t28-,30?,34+/m0/s1. The van der Waals surface area contributed by atoms with Gasteiger partial charge in [0.25, 0.3) is 5.91 Å². The van der Waals surface area contributed by atoms with Crippen molar-refractivity contribution < 1.29 is 42.6 Å². The number of rotatable bonds is 12. The van der Waals surface area contributed by atoms with Crippen molar-refractivity contribution in [1.29, 1.82) is 0 Å². The Morgan fingerprint density at radius 3 is 2.41 bits per heavy atom. The molecule has 64 heavy (non-hydrogen) atoms. The number of ether oxygens (including phenoxy) is 1. The monoisotopic (exact) mass is 885 g/mol. The van der Waals surface area contributed by atoms with Crippen LogP contribution >= 0.6 is 0 Å². The summed E-state index contributed by atoms with van der Waals surface area (Å²) in [5, 5.41) is 18.7. The Labute approximate surface area is 371 Å². The quantitative estimate of drug-likeness (QED) is 0.183. The highest BCUT2D eigenvalue weighted by Crippen LogP contribution is 2.56. The van der Waals surface area contributed by atoms with Crippen molar-refractivity contribution in [2.45, 2.75) is 102 Å². The zero-order valence-corrected chi connectivity index (χ0v) is 37.0. The number of aromatic nitrogens is 2. The number of piperidine rings is 2. The molecular formula is C46H57F2N9O7. The highest BCUT2D eigenvalue weighted by Gasteiger charge is 2.56. The number of amides is 5. The molecule has 342 valence electrons. The number of halogens is 2. The number of hydrogen-bond acceptors (Lipinski definition) is 12. The SMILES string of the molecule is CC[C@@H]1C(=O)N(C)c2cnc(Nc3ccc(C(=O)NC4(CCO)CC5(CCN(C(=O)[C@H]6CCN(c7cc(F)c(C8CCC(=O)NC8=O)c(F)c7)C6)CC5)C4)cc3OC)nc2N1C(C)C. The Bertz CT molecular complexity index is 2320. The van der Waals surface area contributed by atoms with Gasteiger partial charge in [0, 0.05) is 74.6 Å². The third-order valence-electron chi connectivity index (χ3n) is 14.0. The summed E-state index contributed by atoms with van der Waals surface area (Å²) < 4.78 is 36.3. The number of fused-ring (bicyclic) bond motifs is 1. The minimum Gasteiger partial charge on any atom is -0.495 e. The Morgan fingerprint density at radius 2 is 1.77 bits per heavy atom. The van der Waals surface area contributed by atoms with E-state index in [-0.39, 0.29) is 66.2 Å². The molecule has 4 N–H and O–H groups in total. The maximum Gasteiger partial charge on any atom is 0.251 e. The Hall–Kier alpha value is -5.91. The van der Waals surface area contributed by atoms with Crippen LogP contribution in [0.15, 0.2) is 36.5 Å². The van der Waals surface area contributed by atoms with E-state index in [0.717, 1.165) is 12.8 Å². The number of imide groups is 1. The van der Waals surface area contributed by atoms with Gasteiger partial charge in [0.2, 0.25) is 29.6 Å². The lowest BCUT2D eigenvalue weighted by molar-refractivity contribution is -0.140. The average molecular weight is 886 g/mol. The van der Waals surface area contributed by atoms with Gasteiger partial charge in [0.15, 0.2) is 5.82 Å². The van der Waals surface area contributed by atoms with E-state index in [9.17, 15) is 29.1 Å². The van der Waals surface area contributed by atoms with E-state index >= 15 is 8.78 Å². The normalized spacial score (nSPS) is 22.6. The van der Waals surface area contributed by atoms with Gasteiger partial charge in [-0.3, -0.25) is 29.3 Å². The highest BCUT2D eigenvalue weighted by molar-refractivity contribution is 6.04. The number of anilines is 5. The number of likely N-dealkylation sites (N-methyl/N-ethyl adjacent to an activating group) is 1. The molecule has 0 radical (unpaired) electrons. The largest absolute Gasteiger partial charge is 0.495 e. The summed E-state index contributed by atoms with van der Waals surface area (Å²) in [6.45, 7) is 7.77. The van der Waals surface area contributed by atoms with Crippen molar-refractivity contribution in [1.82, 2.24) is 25.5 Å². The predicted molar refractivity (Wildman–Crippen MR) is 235 cm³/mol. The molecule has 16 nitrogen and oxygen atoms in total. The van der Waals surface area contributed by atoms with Gasteiger partial charge in [0.1, 0.15) is 29.1 Å². The van der Waals surface area contributed by atoms with E-state index < -0.39 is 34.9 Å². The van der Waals surface area contributed by atoms with Gasteiger partial charge in [-0.2, -0.15) is 4.98 Å². The number of methoxy groups -OCH3 is 1. The van der Waals surface area contributed by atoms with Crippen molar-refractivity contribution >= 4 is 58.4 Å². The van der Waals surface area contributed by atoms with Gasteiger partial charge < -0.3 is 40.1 Å². The molecule has 3 aromatic rings. The van der Waals surface area contributed by atoms with E-state index in [4.69, 9.17) is 9.72 Å². The molecule has 1 unspecified atom stereocenters. The zero-order chi connectivity index (χ0) is 45.7. The number of aliphatic hydroxyl groups is 1. The molecule has 0 bridgehead atoms. The molecule has 1 spiro atoms. The molecule has 1 aromatic heterocycles. The number of hydrogen-bond donors (Lipinski definition) is 4. The second kappa shape index (κ2) is 17.6. The minimum absolute atomic E-state index is 0.00420. The van der Waals surface area contributed by atoms with Gasteiger partial charge >= 0.3 is 0 Å². The van der Waals surface area contributed by atoms with Crippen molar-refractivity contribution in [2.75, 3.05) is 67.0 Å². The summed E-state index contributed by atoms with van der Waals surface area (Å²) in [7, 11) is 3.24. The number of carbonyl (C=O) groups excluding carboxylic acids is 5. The first-order chi connectivity index (χ1) is 30.6. The Balaban J connectivity index is 0.865. The van der Waals surface area contributed by atoms with E-state index in [1.165, 1.54) is 19.2 Å². The fraction of sp³-hybridized carbons (Fsp3) is 0.543. The molecule has 18 heteroatoms. The molecule has 3 atom stereocenters. The fourth-order valence-corrected chi connectivity index (χ4v) is 10.8. The molecule has 8 rings (SSSR count). The van der Waals surface area contributed by atoms with E-state index in [2.05, 4.69) is 20.9 Å². The van der Waals surface area contributed by atoms with Crippen LogP contribution in [0.1, 0.15) is 100 Å². The van der Waals surface area contributed by atoms with Gasteiger partial charge in [-0.1, -0.05) is 6.92 Å². The number of likely N-dealkylation sites (tertiary alicyclic amines) is 1. The molecule has 2 aromatic carbocycles. The van der Waals surface area contributed by atoms with Gasteiger partial charge in [-0.15, -0.1) is 0 Å². The van der Waals surface area contributed by atoms with Crippen LogP contribution < -0.4 is 35.4 Å². The molecule has 3 saturated heterocycles. The third-order valence-corrected chi connectivity index (χ3v) is 14.0. The van der Waals surface area contributed by atoms with Crippen LogP contribution in [-0.4, -0.2) is 114 Å². The number of benzene rings is 2. The van der Waals surface area contributed by atoms with Crippen LogP contribution in [-0.2, 0) is 19.2 Å². The molecule has 5 aliphatic rings. The van der Waals surface area contributed by atoms with Gasteiger partial charge in [0.05, 0.1) is 30.8 Å². The molecule has 1 aliphatic carbocycles. The van der Waals surface area contributed by atoms with Crippen molar-refractivity contribution in [2.24, 2.45) is 11.3 Å². The van der Waals surface area contributed by atoms with Crippen LogP contribution in [0.25, 0.3) is 0 Å². The molecule has 5 heterocycles. The summed E-state index contributed by atoms with van der Waals surface area (Å²) in [6, 6.07) is 7.14. The number of aliphatic hydroxyl groups excluding tert-OH is 1. The van der Waals surface area contributed by atoms with E-state index in [0.29, 0.717) is 98.4 Å². The number of nitrogens with one attached hydrogen (secondary N) is 3. The first-order valence-corrected chi connectivity index (χ1v) is 22.3. The van der Waals surface area contributed by atoms with Crippen molar-refractivity contribution in [3.05, 3.63) is 59.3 Å². The third kappa shape index (κ3) is 8.31. The summed E-state index contributed by atoms with van der Waals surface area (Å²) in [5.74, 6) is -3.25. The van der Waals surface area contributed by atoms with E-state index in [1.807, 2.05) is 30.6 Å². The fourth-order valence-electron chi connectivity index (χ4n) is 10.8.